The molecule has 0 heterocycles. The first kappa shape index (κ1) is 11.6. The second-order valence-electron chi connectivity index (χ2n) is 3.45. The molecule has 0 saturated carbocycles. The van der Waals surface area contributed by atoms with Crippen LogP contribution in [0.3, 0.4) is 0 Å². The molecule has 0 aliphatic rings. The summed E-state index contributed by atoms with van der Waals surface area (Å²) in [5.41, 5.74) is 1.41. The van der Waals surface area contributed by atoms with E-state index in [2.05, 4.69) is 31.2 Å². The summed E-state index contributed by atoms with van der Waals surface area (Å²) in [6.45, 7) is 2.35. The van der Waals surface area contributed by atoms with Gasteiger partial charge in [-0.25, -0.2) is 0 Å². The molecular weight excluding hydrogens is 192 g/mol. The van der Waals surface area contributed by atoms with Crippen LogP contribution in [0.25, 0.3) is 0 Å². The van der Waals surface area contributed by atoms with Crippen LogP contribution < -0.4 is 0 Å². The van der Waals surface area contributed by atoms with Gasteiger partial charge in [-0.15, -0.1) is 0 Å². The third kappa shape index (κ3) is 4.68. The molecule has 78 valence electrons. The van der Waals surface area contributed by atoms with Crippen LogP contribution in [-0.4, -0.2) is 22.7 Å². The number of aliphatic hydroxyl groups is 1. The number of thioether (sulfide) groups is 1. The van der Waals surface area contributed by atoms with Gasteiger partial charge in [0.25, 0.3) is 0 Å². The van der Waals surface area contributed by atoms with E-state index >= 15 is 0 Å². The number of aliphatic hydroxyl groups excluding tert-OH is 1. The van der Waals surface area contributed by atoms with E-state index in [0.29, 0.717) is 5.25 Å². The Hall–Kier alpha value is -0.470. The second-order valence-corrected chi connectivity index (χ2v) is 5.00. The maximum Gasteiger partial charge on any atom is 0.0547 e. The molecule has 0 spiro atoms. The van der Waals surface area contributed by atoms with Crippen molar-refractivity contribution in [2.45, 2.75) is 25.0 Å². The lowest BCUT2D eigenvalue weighted by atomic mass is 10.1. The van der Waals surface area contributed by atoms with Crippen LogP contribution in [-0.2, 0) is 6.42 Å². The van der Waals surface area contributed by atoms with Crippen LogP contribution in [0.5, 0.6) is 0 Å². The van der Waals surface area contributed by atoms with Gasteiger partial charge in [0.1, 0.15) is 0 Å². The number of hydrogen-bond donors (Lipinski definition) is 1. The fourth-order valence-electron chi connectivity index (χ4n) is 1.26. The average Bonchev–Trinajstić information content (AvgIpc) is 2.25. The van der Waals surface area contributed by atoms with Crippen molar-refractivity contribution in [1.82, 2.24) is 0 Å². The maximum atomic E-state index is 8.83. The van der Waals surface area contributed by atoms with Gasteiger partial charge in [-0.1, -0.05) is 37.3 Å². The molecule has 1 nitrogen and oxygen atoms in total. The Balaban J connectivity index is 2.10. The average molecular weight is 210 g/mol. The van der Waals surface area contributed by atoms with Crippen LogP contribution >= 0.6 is 11.8 Å². The predicted octanol–water partition coefficient (Wildman–Crippen LogP) is 2.73. The highest BCUT2D eigenvalue weighted by Crippen LogP contribution is 2.12. The van der Waals surface area contributed by atoms with Gasteiger partial charge in [-0.3, -0.25) is 0 Å². The van der Waals surface area contributed by atoms with Crippen molar-refractivity contribution in [1.29, 1.82) is 0 Å². The summed E-state index contributed by atoms with van der Waals surface area (Å²) in [6.07, 6.45) is 2.34. The Bertz CT molecular complexity index is 235. The minimum absolute atomic E-state index is 0.288. The molecule has 2 heteroatoms. The molecule has 0 aliphatic heterocycles. The maximum absolute atomic E-state index is 8.83. The summed E-state index contributed by atoms with van der Waals surface area (Å²) >= 11 is 1.85. The molecule has 1 aromatic carbocycles. The lowest BCUT2D eigenvalue weighted by Crippen LogP contribution is -2.03. The first-order chi connectivity index (χ1) is 6.83. The zero-order valence-corrected chi connectivity index (χ0v) is 9.46. The Labute approximate surface area is 90.5 Å². The van der Waals surface area contributed by atoms with E-state index in [0.717, 1.165) is 12.2 Å². The number of benzene rings is 1. The van der Waals surface area contributed by atoms with Crippen LogP contribution in [0.2, 0.25) is 0 Å². The van der Waals surface area contributed by atoms with Gasteiger partial charge in [0, 0.05) is 5.25 Å². The van der Waals surface area contributed by atoms with Gasteiger partial charge in [-0.2, -0.15) is 11.8 Å². The monoisotopic (exact) mass is 210 g/mol. The second kappa shape index (κ2) is 6.91. The standard InChI is InChI=1S/C12H18OS/c1-11(10-13)14-9-5-8-12-6-3-2-4-7-12/h2-4,6-7,11,13H,5,8-10H2,1H3. The molecule has 1 aromatic rings. The Morgan fingerprint density at radius 1 is 1.29 bits per heavy atom. The summed E-state index contributed by atoms with van der Waals surface area (Å²) in [6, 6.07) is 10.5. The number of aryl methyl sites for hydroxylation is 1. The van der Waals surface area contributed by atoms with Crippen LogP contribution in [0.15, 0.2) is 30.3 Å². The van der Waals surface area contributed by atoms with Crippen LogP contribution in [0.1, 0.15) is 18.9 Å². The summed E-state index contributed by atoms with van der Waals surface area (Å²) in [4.78, 5) is 0. The molecule has 1 rings (SSSR count). The number of hydrogen-bond acceptors (Lipinski definition) is 2. The normalized spacial score (nSPS) is 12.7. The van der Waals surface area contributed by atoms with E-state index in [1.807, 2.05) is 17.8 Å². The molecule has 0 fully saturated rings. The summed E-state index contributed by atoms with van der Waals surface area (Å²) in [5, 5.41) is 9.21. The topological polar surface area (TPSA) is 20.2 Å². The highest BCUT2D eigenvalue weighted by molar-refractivity contribution is 7.99. The van der Waals surface area contributed by atoms with Crippen molar-refractivity contribution < 1.29 is 5.11 Å². The van der Waals surface area contributed by atoms with Gasteiger partial charge in [-0.05, 0) is 24.2 Å². The van der Waals surface area contributed by atoms with E-state index in [4.69, 9.17) is 5.11 Å². The zero-order chi connectivity index (χ0) is 10.2. The van der Waals surface area contributed by atoms with Crippen LogP contribution in [0.4, 0.5) is 0 Å². The van der Waals surface area contributed by atoms with Gasteiger partial charge in [0.15, 0.2) is 0 Å². The molecule has 1 atom stereocenters. The Morgan fingerprint density at radius 3 is 2.64 bits per heavy atom. The third-order valence-corrected chi connectivity index (χ3v) is 3.35. The van der Waals surface area contributed by atoms with Crippen molar-refractivity contribution >= 4 is 11.8 Å². The van der Waals surface area contributed by atoms with E-state index in [1.165, 1.54) is 12.0 Å². The zero-order valence-electron chi connectivity index (χ0n) is 8.65. The SMILES string of the molecule is CC(CO)SCCCc1ccccc1. The van der Waals surface area contributed by atoms with Gasteiger partial charge < -0.3 is 5.11 Å². The quantitative estimate of drug-likeness (QED) is 0.729. The van der Waals surface area contributed by atoms with E-state index < -0.39 is 0 Å². The van der Waals surface area contributed by atoms with Crippen molar-refractivity contribution in [3.63, 3.8) is 0 Å². The molecule has 0 amide bonds. The lowest BCUT2D eigenvalue weighted by Gasteiger charge is -2.06. The van der Waals surface area contributed by atoms with Crippen molar-refractivity contribution in [3.8, 4) is 0 Å². The highest BCUT2D eigenvalue weighted by atomic mass is 32.2. The molecule has 14 heavy (non-hydrogen) atoms. The fourth-order valence-corrected chi connectivity index (χ4v) is 2.08. The van der Waals surface area contributed by atoms with Crippen molar-refractivity contribution in [2.24, 2.45) is 0 Å². The molecule has 0 aromatic heterocycles. The lowest BCUT2D eigenvalue weighted by molar-refractivity contribution is 0.300. The van der Waals surface area contributed by atoms with Crippen molar-refractivity contribution in [2.75, 3.05) is 12.4 Å². The predicted molar refractivity (Wildman–Crippen MR) is 63.8 cm³/mol. The highest BCUT2D eigenvalue weighted by Gasteiger charge is 1.99. The summed E-state index contributed by atoms with van der Waals surface area (Å²) in [5.74, 6) is 1.14. The largest absolute Gasteiger partial charge is 0.395 e. The van der Waals surface area contributed by atoms with Crippen molar-refractivity contribution in [3.05, 3.63) is 35.9 Å². The minimum Gasteiger partial charge on any atom is -0.395 e. The Morgan fingerprint density at radius 2 is 2.00 bits per heavy atom. The van der Waals surface area contributed by atoms with E-state index in [1.54, 1.807) is 0 Å². The molecule has 0 aliphatic carbocycles. The van der Waals surface area contributed by atoms with Gasteiger partial charge >= 0.3 is 0 Å². The Kier molecular flexibility index (Phi) is 5.72. The molecule has 1 N–H and O–H groups in total. The molecular formula is C12H18OS. The minimum atomic E-state index is 0.288. The summed E-state index contributed by atoms with van der Waals surface area (Å²) in [7, 11) is 0. The van der Waals surface area contributed by atoms with Gasteiger partial charge in [0.05, 0.1) is 6.61 Å². The summed E-state index contributed by atoms with van der Waals surface area (Å²) < 4.78 is 0. The molecule has 1 unspecified atom stereocenters. The molecule has 0 bridgehead atoms. The van der Waals surface area contributed by atoms with Crippen LogP contribution in [0, 0.1) is 0 Å². The first-order valence-corrected chi connectivity index (χ1v) is 6.14. The third-order valence-electron chi connectivity index (χ3n) is 2.11. The smallest absolute Gasteiger partial charge is 0.0547 e. The van der Waals surface area contributed by atoms with Gasteiger partial charge in [0.2, 0.25) is 0 Å². The number of rotatable bonds is 6. The fraction of sp³-hybridized carbons (Fsp3) is 0.500. The first-order valence-electron chi connectivity index (χ1n) is 5.09. The molecule has 0 saturated heterocycles. The van der Waals surface area contributed by atoms with E-state index in [-0.39, 0.29) is 6.61 Å². The molecule has 0 radical (unpaired) electrons. The van der Waals surface area contributed by atoms with E-state index in [9.17, 15) is 0 Å².